The lowest BCUT2D eigenvalue weighted by Gasteiger charge is -2.20. The molecule has 0 aliphatic carbocycles. The van der Waals surface area contributed by atoms with Gasteiger partial charge in [-0.05, 0) is 62.4 Å². The van der Waals surface area contributed by atoms with E-state index >= 15 is 0 Å². The summed E-state index contributed by atoms with van der Waals surface area (Å²) >= 11 is 0. The highest BCUT2D eigenvalue weighted by molar-refractivity contribution is 6.03. The molecule has 1 aliphatic rings. The highest BCUT2D eigenvalue weighted by atomic mass is 19.1. The summed E-state index contributed by atoms with van der Waals surface area (Å²) in [6, 6.07) is 12.6. The average Bonchev–Trinajstić information content (AvgIpc) is 2.96. The Hall–Kier alpha value is -4.42. The number of aliphatic hydroxyl groups is 1. The van der Waals surface area contributed by atoms with Crippen LogP contribution < -0.4 is 19.7 Å². The van der Waals surface area contributed by atoms with Crippen LogP contribution in [0.5, 0.6) is 17.2 Å². The minimum atomic E-state index is -1.16. The number of halogens is 1. The number of nitrogens with one attached hydrogen (secondary N) is 1. The highest BCUT2D eigenvalue weighted by Gasteiger charge is 2.31. The standard InChI is InChI=1S/C27H24FN3O5/c1-27(2,34)12-10-17-4-9-24-23(14-17)31(3)26(33)22(16-35-24)30-25(32)21-15-20(11-13-29-21)36-19-7-5-18(28)6-8-19/h4-9,11,13-15,22,34H,16H2,1-3H3,(H,30,32)/t22-/m1/s1. The zero-order valence-corrected chi connectivity index (χ0v) is 19.9. The number of amides is 2. The Bertz CT molecular complexity index is 1360. The molecule has 0 saturated carbocycles. The Morgan fingerprint density at radius 1 is 1.19 bits per heavy atom. The van der Waals surface area contributed by atoms with Gasteiger partial charge in [0.05, 0.1) is 5.69 Å². The molecule has 0 radical (unpaired) electrons. The fourth-order valence-corrected chi connectivity index (χ4v) is 3.37. The van der Waals surface area contributed by atoms with Gasteiger partial charge in [0.25, 0.3) is 11.8 Å². The van der Waals surface area contributed by atoms with E-state index in [-0.39, 0.29) is 18.2 Å². The maximum absolute atomic E-state index is 13.1. The Morgan fingerprint density at radius 3 is 2.67 bits per heavy atom. The molecule has 2 heterocycles. The molecule has 184 valence electrons. The molecule has 36 heavy (non-hydrogen) atoms. The van der Waals surface area contributed by atoms with Gasteiger partial charge in [-0.25, -0.2) is 4.39 Å². The van der Waals surface area contributed by atoms with Crippen molar-refractivity contribution >= 4 is 17.5 Å². The molecule has 8 nitrogen and oxygen atoms in total. The van der Waals surface area contributed by atoms with Gasteiger partial charge in [0, 0.05) is 24.9 Å². The maximum atomic E-state index is 13.1. The smallest absolute Gasteiger partial charge is 0.270 e. The molecule has 2 amide bonds. The minimum absolute atomic E-state index is 0.0380. The van der Waals surface area contributed by atoms with Gasteiger partial charge in [0.1, 0.15) is 47.0 Å². The summed E-state index contributed by atoms with van der Waals surface area (Å²) in [5, 5.41) is 12.5. The Balaban J connectivity index is 1.48. The van der Waals surface area contributed by atoms with Crippen LogP contribution in [0.3, 0.4) is 0 Å². The van der Waals surface area contributed by atoms with E-state index in [1.54, 1.807) is 45.2 Å². The number of ether oxygens (including phenoxy) is 2. The molecule has 3 aromatic rings. The van der Waals surface area contributed by atoms with E-state index in [0.29, 0.717) is 28.5 Å². The summed E-state index contributed by atoms with van der Waals surface area (Å²) in [6.45, 7) is 3.08. The van der Waals surface area contributed by atoms with Crippen molar-refractivity contribution in [2.75, 3.05) is 18.6 Å². The van der Waals surface area contributed by atoms with Crippen molar-refractivity contribution in [3.63, 3.8) is 0 Å². The molecule has 0 fully saturated rings. The van der Waals surface area contributed by atoms with E-state index in [2.05, 4.69) is 22.1 Å². The van der Waals surface area contributed by atoms with Gasteiger partial charge < -0.3 is 24.8 Å². The zero-order valence-electron chi connectivity index (χ0n) is 19.9. The van der Waals surface area contributed by atoms with Crippen LogP contribution in [0.15, 0.2) is 60.8 Å². The first-order chi connectivity index (χ1) is 17.1. The molecule has 0 spiro atoms. The van der Waals surface area contributed by atoms with Gasteiger partial charge in [0.2, 0.25) is 0 Å². The first-order valence-corrected chi connectivity index (χ1v) is 11.1. The van der Waals surface area contributed by atoms with Crippen LogP contribution in [0.4, 0.5) is 10.1 Å². The number of likely N-dealkylation sites (N-methyl/N-ethyl adjacent to an activating group) is 1. The van der Waals surface area contributed by atoms with E-state index in [1.807, 2.05) is 0 Å². The summed E-state index contributed by atoms with van der Waals surface area (Å²) in [5.74, 6) is 5.44. The Morgan fingerprint density at radius 2 is 1.94 bits per heavy atom. The van der Waals surface area contributed by atoms with Crippen LogP contribution in [0.25, 0.3) is 0 Å². The molecule has 1 atom stereocenters. The molecule has 2 N–H and O–H groups in total. The molecule has 1 aliphatic heterocycles. The summed E-state index contributed by atoms with van der Waals surface area (Å²) in [4.78, 5) is 31.5. The molecule has 9 heteroatoms. The summed E-state index contributed by atoms with van der Waals surface area (Å²) in [6.07, 6.45) is 1.40. The second-order valence-electron chi connectivity index (χ2n) is 8.66. The van der Waals surface area contributed by atoms with Crippen LogP contribution in [-0.2, 0) is 4.79 Å². The third kappa shape index (κ3) is 5.98. The lowest BCUT2D eigenvalue weighted by atomic mass is 10.1. The van der Waals surface area contributed by atoms with Crippen molar-refractivity contribution in [2.45, 2.75) is 25.5 Å². The molecule has 0 bridgehead atoms. The normalized spacial score (nSPS) is 15.1. The molecule has 4 rings (SSSR count). The van der Waals surface area contributed by atoms with Crippen LogP contribution >= 0.6 is 0 Å². The SMILES string of the molecule is CN1C(=O)[C@H](NC(=O)c2cc(Oc3ccc(F)cc3)ccn2)COc2ccc(C#CC(C)(C)O)cc21. The van der Waals surface area contributed by atoms with Crippen LogP contribution in [0.2, 0.25) is 0 Å². The summed E-state index contributed by atoms with van der Waals surface area (Å²) in [7, 11) is 1.58. The van der Waals surface area contributed by atoms with Crippen molar-refractivity contribution in [2.24, 2.45) is 0 Å². The highest BCUT2D eigenvalue weighted by Crippen LogP contribution is 2.31. The predicted molar refractivity (Wildman–Crippen MR) is 130 cm³/mol. The van der Waals surface area contributed by atoms with Crippen molar-refractivity contribution < 1.29 is 28.6 Å². The van der Waals surface area contributed by atoms with Gasteiger partial charge in [-0.15, -0.1) is 0 Å². The summed E-state index contributed by atoms with van der Waals surface area (Å²) in [5.41, 5.74) is -0.0256. The number of fused-ring (bicyclic) bond motifs is 1. The molecule has 0 unspecified atom stereocenters. The number of rotatable bonds is 4. The fourth-order valence-electron chi connectivity index (χ4n) is 3.37. The third-order valence-electron chi connectivity index (χ3n) is 5.19. The minimum Gasteiger partial charge on any atom is -0.489 e. The van der Waals surface area contributed by atoms with Crippen molar-refractivity contribution in [1.82, 2.24) is 10.3 Å². The van der Waals surface area contributed by atoms with Crippen LogP contribution in [-0.4, -0.2) is 47.2 Å². The largest absolute Gasteiger partial charge is 0.489 e. The Kier molecular flexibility index (Phi) is 6.90. The molecule has 0 saturated heterocycles. The average molecular weight is 490 g/mol. The van der Waals surface area contributed by atoms with Crippen molar-refractivity contribution in [3.05, 3.63) is 77.9 Å². The van der Waals surface area contributed by atoms with Gasteiger partial charge in [-0.3, -0.25) is 14.6 Å². The van der Waals surface area contributed by atoms with E-state index in [4.69, 9.17) is 9.47 Å². The number of hydrogen-bond acceptors (Lipinski definition) is 6. The van der Waals surface area contributed by atoms with E-state index in [0.717, 1.165) is 0 Å². The first-order valence-electron chi connectivity index (χ1n) is 11.1. The number of nitrogens with zero attached hydrogens (tertiary/aromatic N) is 2. The number of pyridine rings is 1. The summed E-state index contributed by atoms with van der Waals surface area (Å²) < 4.78 is 24.6. The van der Waals surface area contributed by atoms with E-state index < -0.39 is 23.4 Å². The van der Waals surface area contributed by atoms with E-state index in [1.165, 1.54) is 41.4 Å². The first kappa shape index (κ1) is 24.7. The van der Waals surface area contributed by atoms with E-state index in [9.17, 15) is 19.1 Å². The van der Waals surface area contributed by atoms with Gasteiger partial charge >= 0.3 is 0 Å². The number of carbonyl (C=O) groups excluding carboxylic acids is 2. The second-order valence-corrected chi connectivity index (χ2v) is 8.66. The number of carbonyl (C=O) groups is 2. The fraction of sp³-hybridized carbons (Fsp3) is 0.222. The maximum Gasteiger partial charge on any atom is 0.270 e. The predicted octanol–water partition coefficient (Wildman–Crippen LogP) is 3.29. The van der Waals surface area contributed by atoms with Gasteiger partial charge in [-0.1, -0.05) is 11.8 Å². The molecular weight excluding hydrogens is 465 g/mol. The van der Waals surface area contributed by atoms with Gasteiger partial charge in [-0.2, -0.15) is 0 Å². The van der Waals surface area contributed by atoms with Crippen LogP contribution in [0, 0.1) is 17.7 Å². The van der Waals surface area contributed by atoms with Crippen molar-refractivity contribution in [1.29, 1.82) is 0 Å². The zero-order chi connectivity index (χ0) is 25.9. The lowest BCUT2D eigenvalue weighted by Crippen LogP contribution is -2.49. The quantitative estimate of drug-likeness (QED) is 0.546. The second kappa shape index (κ2) is 10.1. The Labute approximate surface area is 207 Å². The number of anilines is 1. The lowest BCUT2D eigenvalue weighted by molar-refractivity contribution is -0.120. The third-order valence-corrected chi connectivity index (χ3v) is 5.19. The number of hydrogen-bond donors (Lipinski definition) is 2. The number of benzene rings is 2. The monoisotopic (exact) mass is 489 g/mol. The van der Waals surface area contributed by atoms with Gasteiger partial charge in [0.15, 0.2) is 0 Å². The molecular formula is C27H24FN3O5. The number of aromatic nitrogens is 1. The molecule has 1 aromatic heterocycles. The van der Waals surface area contributed by atoms with Crippen molar-refractivity contribution in [3.8, 4) is 29.1 Å². The molecule has 2 aromatic carbocycles. The topological polar surface area (TPSA) is 101 Å². The van der Waals surface area contributed by atoms with Crippen LogP contribution in [0.1, 0.15) is 29.9 Å².